The van der Waals surface area contributed by atoms with Gasteiger partial charge in [-0.05, 0) is 44.7 Å². The van der Waals surface area contributed by atoms with Crippen molar-refractivity contribution in [1.29, 1.82) is 0 Å². The van der Waals surface area contributed by atoms with E-state index in [2.05, 4.69) is 36.1 Å². The average Bonchev–Trinajstić information content (AvgIpc) is 2.81. The van der Waals surface area contributed by atoms with E-state index in [4.69, 9.17) is 10.7 Å². The molecule has 112 valence electrons. The van der Waals surface area contributed by atoms with Gasteiger partial charge >= 0.3 is 0 Å². The first kappa shape index (κ1) is 14.0. The largest absolute Gasteiger partial charge is 0.398 e. The highest BCUT2D eigenvalue weighted by molar-refractivity contribution is 5.92. The molecule has 2 heterocycles. The number of nitrogen functional groups attached to an aromatic ring is 1. The minimum atomic E-state index is 0.804. The predicted molar refractivity (Wildman–Crippen MR) is 90.6 cm³/mol. The fourth-order valence-electron chi connectivity index (χ4n) is 3.21. The van der Waals surface area contributed by atoms with Crippen LogP contribution in [0.1, 0.15) is 37.3 Å². The lowest BCUT2D eigenvalue weighted by Crippen LogP contribution is -2.31. The van der Waals surface area contributed by atoms with Gasteiger partial charge in [0, 0.05) is 37.0 Å². The van der Waals surface area contributed by atoms with Crippen LogP contribution in [0.5, 0.6) is 0 Å². The van der Waals surface area contributed by atoms with Crippen molar-refractivity contribution in [1.82, 2.24) is 9.55 Å². The minimum absolute atomic E-state index is 0.804. The summed E-state index contributed by atoms with van der Waals surface area (Å²) in [7, 11) is 2.09. The zero-order valence-corrected chi connectivity index (χ0v) is 13.2. The second-order valence-corrected chi connectivity index (χ2v) is 6.13. The van der Waals surface area contributed by atoms with E-state index in [-0.39, 0.29) is 0 Å². The first-order valence-corrected chi connectivity index (χ1v) is 7.67. The van der Waals surface area contributed by atoms with Crippen molar-refractivity contribution in [3.63, 3.8) is 0 Å². The van der Waals surface area contributed by atoms with E-state index in [9.17, 15) is 0 Å². The van der Waals surface area contributed by atoms with Crippen LogP contribution in [0.25, 0.3) is 16.6 Å². The van der Waals surface area contributed by atoms with E-state index in [0.29, 0.717) is 0 Å². The van der Waals surface area contributed by atoms with Gasteiger partial charge in [-0.2, -0.15) is 0 Å². The Bertz CT molecular complexity index is 705. The van der Waals surface area contributed by atoms with Gasteiger partial charge in [0.05, 0.1) is 11.0 Å². The highest BCUT2D eigenvalue weighted by Crippen LogP contribution is 2.33. The summed E-state index contributed by atoms with van der Waals surface area (Å²) >= 11 is 0. The summed E-state index contributed by atoms with van der Waals surface area (Å²) in [5, 5.41) is 0. The van der Waals surface area contributed by atoms with Gasteiger partial charge in [0.2, 0.25) is 5.95 Å². The fraction of sp³-hybridized carbons (Fsp3) is 0.471. The molecule has 21 heavy (non-hydrogen) atoms. The number of anilines is 2. The van der Waals surface area contributed by atoms with Gasteiger partial charge in [0.15, 0.2) is 0 Å². The molecule has 0 bridgehead atoms. The van der Waals surface area contributed by atoms with Gasteiger partial charge in [-0.15, -0.1) is 0 Å². The van der Waals surface area contributed by atoms with E-state index in [1.165, 1.54) is 19.3 Å². The summed E-state index contributed by atoms with van der Waals surface area (Å²) in [6, 6.07) is 2.13. The van der Waals surface area contributed by atoms with Gasteiger partial charge in [-0.3, -0.25) is 0 Å². The maximum Gasteiger partial charge on any atom is 0.206 e. The van der Waals surface area contributed by atoms with Crippen molar-refractivity contribution >= 4 is 28.2 Å². The van der Waals surface area contributed by atoms with Gasteiger partial charge in [0.1, 0.15) is 0 Å². The lowest BCUT2D eigenvalue weighted by atomic mass is 10.0. The number of benzene rings is 1. The smallest absolute Gasteiger partial charge is 0.206 e. The van der Waals surface area contributed by atoms with Crippen LogP contribution in [-0.4, -0.2) is 22.6 Å². The van der Waals surface area contributed by atoms with Crippen LogP contribution in [0.15, 0.2) is 12.6 Å². The molecule has 1 aliphatic rings. The molecule has 0 aliphatic carbocycles. The predicted octanol–water partition coefficient (Wildman–Crippen LogP) is 3.49. The molecule has 2 aromatic rings. The number of rotatable bonds is 2. The number of hydrogen-bond donors (Lipinski definition) is 1. The second kappa shape index (κ2) is 5.10. The van der Waals surface area contributed by atoms with Crippen LogP contribution >= 0.6 is 0 Å². The third-order valence-electron chi connectivity index (χ3n) is 4.54. The molecule has 0 radical (unpaired) electrons. The Morgan fingerprint density at radius 1 is 1.29 bits per heavy atom. The number of hydrogen-bond acceptors (Lipinski definition) is 3. The Hall–Kier alpha value is -1.97. The van der Waals surface area contributed by atoms with Crippen LogP contribution < -0.4 is 10.6 Å². The number of imidazole rings is 1. The SMILES string of the molecule is C=C(C)c1cc2c(nc(N3CCCCC3)n2C)c(C)c1N. The van der Waals surface area contributed by atoms with Crippen LogP contribution in [0, 0.1) is 6.92 Å². The minimum Gasteiger partial charge on any atom is -0.398 e. The molecule has 1 aliphatic heterocycles. The summed E-state index contributed by atoms with van der Waals surface area (Å²) in [4.78, 5) is 7.26. The molecule has 2 N–H and O–H groups in total. The quantitative estimate of drug-likeness (QED) is 0.859. The summed E-state index contributed by atoms with van der Waals surface area (Å²) in [5.74, 6) is 1.06. The molecule has 3 rings (SSSR count). The lowest BCUT2D eigenvalue weighted by Gasteiger charge is -2.27. The summed E-state index contributed by atoms with van der Waals surface area (Å²) in [6.07, 6.45) is 3.83. The van der Waals surface area contributed by atoms with Crippen LogP contribution in [0.4, 0.5) is 11.6 Å². The third kappa shape index (κ3) is 2.19. The van der Waals surface area contributed by atoms with E-state index < -0.39 is 0 Å². The van der Waals surface area contributed by atoms with Crippen molar-refractivity contribution in [2.45, 2.75) is 33.1 Å². The zero-order valence-electron chi connectivity index (χ0n) is 13.2. The number of aromatic nitrogens is 2. The molecule has 1 aromatic heterocycles. The van der Waals surface area contributed by atoms with Crippen molar-refractivity contribution in [3.8, 4) is 0 Å². The normalized spacial score (nSPS) is 15.7. The van der Waals surface area contributed by atoms with Gasteiger partial charge in [-0.1, -0.05) is 6.58 Å². The Morgan fingerprint density at radius 2 is 1.95 bits per heavy atom. The Labute approximate surface area is 126 Å². The number of piperidine rings is 1. The molecule has 0 amide bonds. The second-order valence-electron chi connectivity index (χ2n) is 6.13. The number of nitrogens with zero attached hydrogens (tertiary/aromatic N) is 3. The molecular formula is C17H24N4. The van der Waals surface area contributed by atoms with E-state index in [1.807, 2.05) is 6.92 Å². The number of aryl methyl sites for hydroxylation is 2. The number of nitrogens with two attached hydrogens (primary N) is 1. The molecule has 0 spiro atoms. The molecule has 0 atom stereocenters. The molecule has 1 fully saturated rings. The Kier molecular flexibility index (Phi) is 3.40. The summed E-state index contributed by atoms with van der Waals surface area (Å²) in [6.45, 7) is 10.3. The van der Waals surface area contributed by atoms with Gasteiger partial charge in [-0.25, -0.2) is 4.98 Å². The number of allylic oxidation sites excluding steroid dienone is 1. The average molecular weight is 284 g/mol. The molecule has 0 saturated carbocycles. The molecule has 4 heteroatoms. The maximum absolute atomic E-state index is 6.26. The lowest BCUT2D eigenvalue weighted by molar-refractivity contribution is 0.563. The van der Waals surface area contributed by atoms with E-state index in [1.54, 1.807) is 0 Å². The zero-order chi connectivity index (χ0) is 15.1. The topological polar surface area (TPSA) is 47.1 Å². The third-order valence-corrected chi connectivity index (χ3v) is 4.54. The van der Waals surface area contributed by atoms with Gasteiger partial charge < -0.3 is 15.2 Å². The van der Waals surface area contributed by atoms with Crippen LogP contribution in [-0.2, 0) is 7.05 Å². The summed E-state index contributed by atoms with van der Waals surface area (Å²) < 4.78 is 2.19. The van der Waals surface area contributed by atoms with Crippen LogP contribution in [0.2, 0.25) is 0 Å². The Balaban J connectivity index is 2.19. The van der Waals surface area contributed by atoms with Crippen molar-refractivity contribution in [2.24, 2.45) is 7.05 Å². The van der Waals surface area contributed by atoms with E-state index >= 15 is 0 Å². The summed E-state index contributed by atoms with van der Waals surface area (Å²) in [5.41, 5.74) is 12.3. The Morgan fingerprint density at radius 3 is 2.57 bits per heavy atom. The molecule has 0 unspecified atom stereocenters. The fourth-order valence-corrected chi connectivity index (χ4v) is 3.21. The highest BCUT2D eigenvalue weighted by Gasteiger charge is 2.20. The molecule has 1 saturated heterocycles. The first-order chi connectivity index (χ1) is 10.0. The van der Waals surface area contributed by atoms with Crippen molar-refractivity contribution in [3.05, 3.63) is 23.8 Å². The van der Waals surface area contributed by atoms with Crippen molar-refractivity contribution in [2.75, 3.05) is 23.7 Å². The van der Waals surface area contributed by atoms with Gasteiger partial charge in [0.25, 0.3) is 0 Å². The van der Waals surface area contributed by atoms with Crippen LogP contribution in [0.3, 0.4) is 0 Å². The highest BCUT2D eigenvalue weighted by atomic mass is 15.3. The standard InChI is InChI=1S/C17H24N4/c1-11(2)13-10-14-16(12(3)15(13)18)19-17(20(14)4)21-8-6-5-7-9-21/h10H,1,5-9,18H2,2-4H3. The molecular weight excluding hydrogens is 260 g/mol. The molecule has 1 aromatic carbocycles. The molecule has 4 nitrogen and oxygen atoms in total. The van der Waals surface area contributed by atoms with Crippen molar-refractivity contribution < 1.29 is 0 Å². The monoisotopic (exact) mass is 284 g/mol. The maximum atomic E-state index is 6.26. The van der Waals surface area contributed by atoms with E-state index in [0.717, 1.165) is 52.5 Å². The number of fused-ring (bicyclic) bond motifs is 1. The first-order valence-electron chi connectivity index (χ1n) is 7.67.